The smallest absolute Gasteiger partial charge is 0.0701 e. The summed E-state index contributed by atoms with van der Waals surface area (Å²) in [6, 6.07) is 4.43. The van der Waals surface area contributed by atoms with Gasteiger partial charge in [0.2, 0.25) is 0 Å². The first-order valence-corrected chi connectivity index (χ1v) is 7.08. The molecule has 1 aromatic rings. The zero-order valence-electron chi connectivity index (χ0n) is 8.71. The number of thiophene rings is 1. The van der Waals surface area contributed by atoms with Gasteiger partial charge in [-0.15, -0.1) is 11.3 Å². The minimum absolute atomic E-state index is 0.214. The van der Waals surface area contributed by atoms with Crippen LogP contribution in [0.15, 0.2) is 15.9 Å². The van der Waals surface area contributed by atoms with E-state index in [9.17, 15) is 0 Å². The van der Waals surface area contributed by atoms with Crippen LogP contribution in [0.5, 0.6) is 0 Å². The van der Waals surface area contributed by atoms with Crippen LogP contribution in [0, 0.1) is 5.92 Å². The maximum absolute atomic E-state index is 6.20. The quantitative estimate of drug-likeness (QED) is 0.898. The summed E-state index contributed by atoms with van der Waals surface area (Å²) >= 11 is 5.23. The highest BCUT2D eigenvalue weighted by atomic mass is 79.9. The van der Waals surface area contributed by atoms with Crippen LogP contribution >= 0.6 is 27.3 Å². The average molecular weight is 289 g/mol. The van der Waals surface area contributed by atoms with Gasteiger partial charge in [-0.1, -0.05) is 0 Å². The topological polar surface area (TPSA) is 38.0 Å². The summed E-state index contributed by atoms with van der Waals surface area (Å²) in [5.41, 5.74) is 6.20. The summed E-state index contributed by atoms with van der Waals surface area (Å²) in [6.45, 7) is 2.32. The predicted octanol–water partition coefficient (Wildman–Crippen LogP) is 2.90. The molecule has 1 aliphatic heterocycles. The molecule has 0 aromatic carbocycles. The van der Waals surface area contributed by atoms with Crippen molar-refractivity contribution in [1.82, 2.24) is 5.32 Å². The van der Waals surface area contributed by atoms with Gasteiger partial charge in [0.15, 0.2) is 0 Å². The molecule has 2 heterocycles. The lowest BCUT2D eigenvalue weighted by atomic mass is 9.92. The molecule has 0 bridgehead atoms. The van der Waals surface area contributed by atoms with Crippen molar-refractivity contribution >= 4 is 27.3 Å². The van der Waals surface area contributed by atoms with Gasteiger partial charge in [-0.3, -0.25) is 0 Å². The molecule has 0 amide bonds. The van der Waals surface area contributed by atoms with E-state index in [2.05, 4.69) is 33.4 Å². The predicted molar refractivity (Wildman–Crippen MR) is 69.2 cm³/mol. The lowest BCUT2D eigenvalue weighted by Crippen LogP contribution is -2.31. The molecular weight excluding hydrogens is 272 g/mol. The molecule has 0 radical (unpaired) electrons. The van der Waals surface area contributed by atoms with Gasteiger partial charge in [-0.2, -0.15) is 0 Å². The first-order valence-electron chi connectivity index (χ1n) is 5.47. The monoisotopic (exact) mass is 288 g/mol. The highest BCUT2D eigenvalue weighted by molar-refractivity contribution is 9.11. The molecule has 4 heteroatoms. The van der Waals surface area contributed by atoms with Crippen LogP contribution in [-0.4, -0.2) is 13.1 Å². The summed E-state index contributed by atoms with van der Waals surface area (Å²) in [6.07, 6.45) is 3.73. The van der Waals surface area contributed by atoms with Crippen molar-refractivity contribution in [2.75, 3.05) is 13.1 Å². The highest BCUT2D eigenvalue weighted by Gasteiger charge is 2.18. The molecule has 15 heavy (non-hydrogen) atoms. The van der Waals surface area contributed by atoms with Crippen molar-refractivity contribution in [3.05, 3.63) is 20.8 Å². The summed E-state index contributed by atoms with van der Waals surface area (Å²) in [5.74, 6) is 0.759. The fourth-order valence-corrected chi connectivity index (χ4v) is 3.57. The van der Waals surface area contributed by atoms with Crippen LogP contribution in [0.4, 0.5) is 0 Å². The Kier molecular flexibility index (Phi) is 4.20. The van der Waals surface area contributed by atoms with E-state index >= 15 is 0 Å². The van der Waals surface area contributed by atoms with E-state index in [1.165, 1.54) is 28.0 Å². The van der Waals surface area contributed by atoms with E-state index in [1.807, 2.05) is 0 Å². The second-order valence-electron chi connectivity index (χ2n) is 4.20. The van der Waals surface area contributed by atoms with Crippen LogP contribution in [0.25, 0.3) is 0 Å². The Balaban J connectivity index is 1.88. The zero-order chi connectivity index (χ0) is 10.7. The Morgan fingerprint density at radius 1 is 1.60 bits per heavy atom. The summed E-state index contributed by atoms with van der Waals surface area (Å²) in [5, 5.41) is 3.44. The summed E-state index contributed by atoms with van der Waals surface area (Å²) in [4.78, 5) is 1.30. The Hall–Kier alpha value is 0.1000. The molecule has 3 N–H and O–H groups in total. The van der Waals surface area contributed by atoms with Crippen LogP contribution in [-0.2, 0) is 0 Å². The third-order valence-corrected chi connectivity index (χ3v) is 4.70. The maximum atomic E-state index is 6.20. The maximum Gasteiger partial charge on any atom is 0.0701 e. The van der Waals surface area contributed by atoms with E-state index in [-0.39, 0.29) is 6.04 Å². The third-order valence-electron chi connectivity index (χ3n) is 2.95. The summed E-state index contributed by atoms with van der Waals surface area (Å²) in [7, 11) is 0. The van der Waals surface area contributed by atoms with E-state index in [1.54, 1.807) is 11.3 Å². The van der Waals surface area contributed by atoms with E-state index in [4.69, 9.17) is 5.73 Å². The molecule has 1 aromatic heterocycles. The molecular formula is C11H17BrN2S. The standard InChI is InChI=1S/C11H17BrN2S/c12-11-4-3-10(15-11)9(13)6-8-2-1-5-14-7-8/h3-4,8-9,14H,1-2,5-7,13H2. The minimum atomic E-state index is 0.214. The second-order valence-corrected chi connectivity index (χ2v) is 6.69. The van der Waals surface area contributed by atoms with Gasteiger partial charge in [-0.05, 0) is 66.3 Å². The Labute approximate surface area is 103 Å². The van der Waals surface area contributed by atoms with E-state index in [0.717, 1.165) is 18.9 Å². The summed E-state index contributed by atoms with van der Waals surface area (Å²) < 4.78 is 1.18. The largest absolute Gasteiger partial charge is 0.323 e. The minimum Gasteiger partial charge on any atom is -0.323 e. The molecule has 1 aliphatic rings. The fourth-order valence-electron chi connectivity index (χ4n) is 2.13. The van der Waals surface area contributed by atoms with Gasteiger partial charge >= 0.3 is 0 Å². The fraction of sp³-hybridized carbons (Fsp3) is 0.636. The van der Waals surface area contributed by atoms with Crippen LogP contribution in [0.2, 0.25) is 0 Å². The number of hydrogen-bond donors (Lipinski definition) is 2. The van der Waals surface area contributed by atoms with Crippen molar-refractivity contribution in [3.63, 3.8) is 0 Å². The average Bonchev–Trinajstić information content (AvgIpc) is 2.66. The van der Waals surface area contributed by atoms with Crippen molar-refractivity contribution in [3.8, 4) is 0 Å². The van der Waals surface area contributed by atoms with Gasteiger partial charge in [0.05, 0.1) is 3.79 Å². The van der Waals surface area contributed by atoms with Gasteiger partial charge < -0.3 is 11.1 Å². The van der Waals surface area contributed by atoms with Crippen molar-refractivity contribution in [1.29, 1.82) is 0 Å². The van der Waals surface area contributed by atoms with Gasteiger partial charge in [0, 0.05) is 10.9 Å². The molecule has 2 rings (SSSR count). The highest BCUT2D eigenvalue weighted by Crippen LogP contribution is 2.30. The number of rotatable bonds is 3. The van der Waals surface area contributed by atoms with Crippen LogP contribution in [0.1, 0.15) is 30.2 Å². The molecule has 1 saturated heterocycles. The molecule has 0 saturated carbocycles. The zero-order valence-corrected chi connectivity index (χ0v) is 11.1. The first kappa shape index (κ1) is 11.6. The SMILES string of the molecule is NC(CC1CCCNC1)c1ccc(Br)s1. The molecule has 0 aliphatic carbocycles. The van der Waals surface area contributed by atoms with Crippen molar-refractivity contribution in [2.45, 2.75) is 25.3 Å². The normalized spacial score (nSPS) is 24.0. The second kappa shape index (κ2) is 5.43. The van der Waals surface area contributed by atoms with Crippen LogP contribution in [0.3, 0.4) is 0 Å². The Morgan fingerprint density at radius 2 is 2.47 bits per heavy atom. The molecule has 0 spiro atoms. The number of piperidine rings is 1. The van der Waals surface area contributed by atoms with Crippen molar-refractivity contribution in [2.24, 2.45) is 11.7 Å². The molecule has 2 nitrogen and oxygen atoms in total. The number of nitrogens with one attached hydrogen (secondary N) is 1. The van der Waals surface area contributed by atoms with E-state index < -0.39 is 0 Å². The lowest BCUT2D eigenvalue weighted by Gasteiger charge is -2.24. The van der Waals surface area contributed by atoms with Crippen molar-refractivity contribution < 1.29 is 0 Å². The third kappa shape index (κ3) is 3.28. The molecule has 84 valence electrons. The Morgan fingerprint density at radius 3 is 3.07 bits per heavy atom. The van der Waals surface area contributed by atoms with Gasteiger partial charge in [-0.25, -0.2) is 0 Å². The number of halogens is 1. The van der Waals surface area contributed by atoms with Gasteiger partial charge in [0.1, 0.15) is 0 Å². The molecule has 2 unspecified atom stereocenters. The first-order chi connectivity index (χ1) is 7.25. The Bertz CT molecular complexity index is 307. The molecule has 1 fully saturated rings. The number of hydrogen-bond acceptors (Lipinski definition) is 3. The lowest BCUT2D eigenvalue weighted by molar-refractivity contribution is 0.338. The van der Waals surface area contributed by atoms with Crippen LogP contribution < -0.4 is 11.1 Å². The number of nitrogens with two attached hydrogens (primary N) is 1. The van der Waals surface area contributed by atoms with E-state index in [0.29, 0.717) is 0 Å². The molecule has 2 atom stereocenters. The van der Waals surface area contributed by atoms with Gasteiger partial charge in [0.25, 0.3) is 0 Å².